The third kappa shape index (κ3) is 4.67. The number of nitrogens with zero attached hydrogens (tertiary/aromatic N) is 2. The zero-order valence-corrected chi connectivity index (χ0v) is 24.3. The van der Waals surface area contributed by atoms with Gasteiger partial charge in [0.2, 0.25) is 17.7 Å². The molecule has 0 spiro atoms. The molecular weight excluding hydrogens is 614 g/mol. The predicted octanol–water partition coefficient (Wildman–Crippen LogP) is 5.12. The summed E-state index contributed by atoms with van der Waals surface area (Å²) >= 11 is 5.67. The highest BCUT2D eigenvalue weighted by Gasteiger charge is 2.56. The third-order valence-corrected chi connectivity index (χ3v) is 10.1. The molecule has 3 aromatic carbocycles. The highest BCUT2D eigenvalue weighted by atomic mass is 79.9. The fraction of sp³-hybridized carbons (Fsp3) is 0.172. The molecule has 4 aromatic rings. The summed E-state index contributed by atoms with van der Waals surface area (Å²) in [6.07, 6.45) is 0. The van der Waals surface area contributed by atoms with Crippen LogP contribution in [0.3, 0.4) is 0 Å². The van der Waals surface area contributed by atoms with Gasteiger partial charge in [-0.05, 0) is 54.1 Å². The molecule has 0 saturated carbocycles. The van der Waals surface area contributed by atoms with Gasteiger partial charge in [0, 0.05) is 21.0 Å². The number of rotatable bonds is 6. The van der Waals surface area contributed by atoms with E-state index in [2.05, 4.69) is 21.2 Å². The van der Waals surface area contributed by atoms with Crippen LogP contribution in [0.4, 0.5) is 11.4 Å². The molecule has 3 amide bonds. The van der Waals surface area contributed by atoms with Gasteiger partial charge in [-0.2, -0.15) is 0 Å². The summed E-state index contributed by atoms with van der Waals surface area (Å²) in [4.78, 5) is 55.5. The number of imide groups is 1. The first-order valence-corrected chi connectivity index (χ1v) is 14.9. The average Bonchev–Trinajstić information content (AvgIpc) is 3.40. The van der Waals surface area contributed by atoms with Crippen molar-refractivity contribution < 1.29 is 19.1 Å². The lowest BCUT2D eigenvalue weighted by Crippen LogP contribution is -2.33. The van der Waals surface area contributed by atoms with Crippen LogP contribution in [0, 0.1) is 5.92 Å². The van der Waals surface area contributed by atoms with Crippen molar-refractivity contribution in [3.05, 3.63) is 103 Å². The van der Waals surface area contributed by atoms with Crippen molar-refractivity contribution in [1.82, 2.24) is 4.57 Å². The van der Waals surface area contributed by atoms with E-state index >= 15 is 0 Å². The van der Waals surface area contributed by atoms with Gasteiger partial charge in [-0.3, -0.25) is 23.7 Å². The minimum atomic E-state index is -0.756. The molecule has 1 saturated heterocycles. The first kappa shape index (κ1) is 26.5. The molecule has 0 bridgehead atoms. The van der Waals surface area contributed by atoms with Gasteiger partial charge in [0.25, 0.3) is 0 Å². The molecule has 0 unspecified atom stereocenters. The Labute approximate surface area is 246 Å². The minimum Gasteiger partial charge on any atom is -0.497 e. The fourth-order valence-electron chi connectivity index (χ4n) is 5.14. The molecule has 1 aromatic heterocycles. The number of carbonyl (C=O) groups is 3. The van der Waals surface area contributed by atoms with Crippen LogP contribution in [0.5, 0.6) is 5.75 Å². The van der Waals surface area contributed by atoms with Crippen molar-refractivity contribution in [2.45, 2.75) is 22.7 Å². The van der Waals surface area contributed by atoms with Gasteiger partial charge in [-0.15, -0.1) is 0 Å². The van der Waals surface area contributed by atoms with Gasteiger partial charge in [-0.25, -0.2) is 4.90 Å². The largest absolute Gasteiger partial charge is 0.497 e. The Kier molecular flexibility index (Phi) is 7.11. The second-order valence-corrected chi connectivity index (χ2v) is 12.4. The summed E-state index contributed by atoms with van der Waals surface area (Å²) in [6.45, 7) is -0.207. The zero-order chi connectivity index (χ0) is 28.0. The van der Waals surface area contributed by atoms with Crippen molar-refractivity contribution in [3.63, 3.8) is 0 Å². The number of ether oxygens (including phenoxy) is 1. The molecule has 6 rings (SSSR count). The maximum absolute atomic E-state index is 13.9. The average molecular weight is 637 g/mol. The minimum absolute atomic E-state index is 0.207. The van der Waals surface area contributed by atoms with Crippen LogP contribution < -0.4 is 19.8 Å². The number of amides is 3. The highest BCUT2D eigenvalue weighted by Crippen LogP contribution is 2.54. The number of hydrogen-bond donors (Lipinski definition) is 1. The molecule has 202 valence electrons. The smallest absolute Gasteiger partial charge is 0.308 e. The van der Waals surface area contributed by atoms with E-state index in [-0.39, 0.29) is 29.1 Å². The van der Waals surface area contributed by atoms with E-state index in [1.165, 1.54) is 21.2 Å². The van der Waals surface area contributed by atoms with Crippen LogP contribution in [0.2, 0.25) is 0 Å². The van der Waals surface area contributed by atoms with Crippen molar-refractivity contribution in [3.8, 4) is 5.75 Å². The number of hydrogen-bond acceptors (Lipinski definition) is 7. The second-order valence-electron chi connectivity index (χ2n) is 9.34. The van der Waals surface area contributed by atoms with E-state index in [9.17, 15) is 19.2 Å². The molecule has 3 heterocycles. The molecule has 11 heteroatoms. The number of thioether (sulfide) groups is 1. The maximum Gasteiger partial charge on any atom is 0.308 e. The van der Waals surface area contributed by atoms with E-state index in [0.717, 1.165) is 21.4 Å². The van der Waals surface area contributed by atoms with Crippen molar-refractivity contribution in [2.75, 3.05) is 17.3 Å². The Hall–Kier alpha value is -3.67. The van der Waals surface area contributed by atoms with Gasteiger partial charge in [0.1, 0.15) is 17.5 Å². The molecule has 8 nitrogen and oxygen atoms in total. The van der Waals surface area contributed by atoms with Gasteiger partial charge < -0.3 is 10.1 Å². The van der Waals surface area contributed by atoms with E-state index < -0.39 is 17.1 Å². The normalized spacial score (nSPS) is 19.8. The fourth-order valence-corrected chi connectivity index (χ4v) is 8.17. The highest BCUT2D eigenvalue weighted by molar-refractivity contribution is 9.10. The van der Waals surface area contributed by atoms with Crippen LogP contribution in [0.15, 0.2) is 93.2 Å². The number of thiazole rings is 1. The summed E-state index contributed by atoms with van der Waals surface area (Å²) in [5.74, 6) is -1.65. The molecule has 0 radical (unpaired) electrons. The zero-order valence-electron chi connectivity index (χ0n) is 21.1. The number of halogens is 1. The van der Waals surface area contributed by atoms with Gasteiger partial charge >= 0.3 is 4.87 Å². The Bertz CT molecular complexity index is 1670. The number of nitrogens with one attached hydrogen (secondary N) is 1. The predicted molar refractivity (Wildman–Crippen MR) is 158 cm³/mol. The standard InChI is InChI=1S/C29H22BrN3O5S2/c1-38-20-13-11-19(12-14-20)33-26(35)23-22(16-7-9-17(30)10-8-16)25-28(39-24(23)27(33)36)32(29(37)40-25)15-21(34)31-18-5-3-2-4-6-18/h2-14,22-24H,15H2,1H3,(H,31,34)/t22-,23-,24+/m0/s1. The number of methoxy groups -OCH3 is 1. The third-order valence-electron chi connectivity index (χ3n) is 6.97. The number of anilines is 2. The number of aromatic nitrogens is 1. The number of para-hydroxylation sites is 1. The Balaban J connectivity index is 1.41. The first-order valence-electron chi connectivity index (χ1n) is 12.4. The van der Waals surface area contributed by atoms with Gasteiger partial charge in [0.15, 0.2) is 0 Å². The molecule has 40 heavy (non-hydrogen) atoms. The maximum atomic E-state index is 13.9. The molecular formula is C29H22BrN3O5S2. The quantitative estimate of drug-likeness (QED) is 0.296. The van der Waals surface area contributed by atoms with Gasteiger partial charge in [-0.1, -0.05) is 69.4 Å². The van der Waals surface area contributed by atoms with E-state index in [4.69, 9.17) is 4.74 Å². The van der Waals surface area contributed by atoms with Crippen molar-refractivity contribution in [1.29, 1.82) is 0 Å². The van der Waals surface area contributed by atoms with Gasteiger partial charge in [0.05, 0.1) is 23.7 Å². The molecule has 1 N–H and O–H groups in total. The lowest BCUT2D eigenvalue weighted by atomic mass is 9.83. The first-order chi connectivity index (χ1) is 19.4. The van der Waals surface area contributed by atoms with Crippen LogP contribution in [0.1, 0.15) is 16.4 Å². The topological polar surface area (TPSA) is 97.7 Å². The van der Waals surface area contributed by atoms with E-state index in [1.54, 1.807) is 43.5 Å². The SMILES string of the molecule is COc1ccc(N2C(=O)[C@H]3[C@H](c4ccc(Br)cc4)c4sc(=O)n(CC(=O)Nc5ccccc5)c4S[C@H]3C2=O)cc1. The Morgan fingerprint density at radius 2 is 1.65 bits per heavy atom. The molecule has 2 aliphatic rings. The summed E-state index contributed by atoms with van der Waals surface area (Å²) in [7, 11) is 1.55. The van der Waals surface area contributed by atoms with Crippen LogP contribution in [0.25, 0.3) is 0 Å². The summed E-state index contributed by atoms with van der Waals surface area (Å²) in [6, 6.07) is 23.3. The number of carbonyl (C=O) groups excluding carboxylic acids is 3. The van der Waals surface area contributed by atoms with Crippen LogP contribution in [-0.4, -0.2) is 34.6 Å². The lowest BCUT2D eigenvalue weighted by molar-refractivity contribution is -0.122. The monoisotopic (exact) mass is 635 g/mol. The molecule has 2 aliphatic heterocycles. The second kappa shape index (κ2) is 10.7. The number of fused-ring (bicyclic) bond motifs is 2. The number of benzene rings is 3. The van der Waals surface area contributed by atoms with Crippen molar-refractivity contribution in [2.24, 2.45) is 5.92 Å². The van der Waals surface area contributed by atoms with E-state index in [1.807, 2.05) is 42.5 Å². The molecule has 1 fully saturated rings. The Morgan fingerprint density at radius 3 is 2.33 bits per heavy atom. The van der Waals surface area contributed by atoms with E-state index in [0.29, 0.717) is 27.0 Å². The molecule has 3 atom stereocenters. The summed E-state index contributed by atoms with van der Waals surface area (Å²) in [5.41, 5.74) is 1.90. The molecule has 0 aliphatic carbocycles. The van der Waals surface area contributed by atoms with Crippen molar-refractivity contribution >= 4 is 68.1 Å². The summed E-state index contributed by atoms with van der Waals surface area (Å²) < 4.78 is 7.52. The summed E-state index contributed by atoms with van der Waals surface area (Å²) in [5, 5.41) is 2.61. The van der Waals surface area contributed by atoms with Crippen LogP contribution >= 0.6 is 39.0 Å². The Morgan fingerprint density at radius 1 is 0.950 bits per heavy atom. The van der Waals surface area contributed by atoms with Crippen LogP contribution in [-0.2, 0) is 20.9 Å². The lowest BCUT2D eigenvalue weighted by Gasteiger charge is -2.30.